The van der Waals surface area contributed by atoms with E-state index in [-0.39, 0.29) is 11.4 Å². The van der Waals surface area contributed by atoms with Gasteiger partial charge in [-0.1, -0.05) is 32.9 Å². The molecule has 1 aromatic carbocycles. The Kier molecular flexibility index (Phi) is 4.40. The molecule has 2 nitrogen and oxygen atoms in total. The van der Waals surface area contributed by atoms with Gasteiger partial charge in [0.05, 0.1) is 11.1 Å². The zero-order valence-corrected chi connectivity index (χ0v) is 12.4. The van der Waals surface area contributed by atoms with Gasteiger partial charge >= 0.3 is 6.18 Å². The summed E-state index contributed by atoms with van der Waals surface area (Å²) >= 11 is 0. The van der Waals surface area contributed by atoms with Crippen molar-refractivity contribution in [3.8, 4) is 0 Å². The number of nitrogens with one attached hydrogen (secondary N) is 1. The molecule has 0 spiro atoms. The van der Waals surface area contributed by atoms with Crippen molar-refractivity contribution in [2.24, 2.45) is 0 Å². The van der Waals surface area contributed by atoms with Gasteiger partial charge in [0.2, 0.25) is 0 Å². The Balaban J connectivity index is 2.67. The molecule has 21 heavy (non-hydrogen) atoms. The van der Waals surface area contributed by atoms with E-state index in [0.29, 0.717) is 17.7 Å². The van der Waals surface area contributed by atoms with Crippen molar-refractivity contribution in [1.82, 2.24) is 4.98 Å². The van der Waals surface area contributed by atoms with Crippen LogP contribution in [0.3, 0.4) is 0 Å². The molecule has 5 heteroatoms. The van der Waals surface area contributed by atoms with Gasteiger partial charge in [-0.3, -0.25) is 0 Å². The fraction of sp³-hybridized carbons (Fsp3) is 0.438. The maximum Gasteiger partial charge on any atom is 0.418 e. The largest absolute Gasteiger partial charge is 0.418 e. The second-order valence-electron chi connectivity index (χ2n) is 5.38. The zero-order valence-electron chi connectivity index (χ0n) is 12.4. The molecule has 0 amide bonds. The number of para-hydroxylation sites is 1. The molecule has 1 heterocycles. The fourth-order valence-electron chi connectivity index (χ4n) is 2.27. The van der Waals surface area contributed by atoms with Gasteiger partial charge in [0, 0.05) is 11.9 Å². The van der Waals surface area contributed by atoms with Gasteiger partial charge in [0.25, 0.3) is 0 Å². The van der Waals surface area contributed by atoms with Crippen LogP contribution in [0.1, 0.15) is 44.2 Å². The molecule has 0 radical (unpaired) electrons. The normalized spacial score (nSPS) is 12.1. The Morgan fingerprint density at radius 3 is 2.52 bits per heavy atom. The van der Waals surface area contributed by atoms with Gasteiger partial charge in [0.1, 0.15) is 5.82 Å². The summed E-state index contributed by atoms with van der Waals surface area (Å²) in [6, 6.07) is 5.98. The van der Waals surface area contributed by atoms with Crippen LogP contribution in [0, 0.1) is 0 Å². The van der Waals surface area contributed by atoms with Crippen LogP contribution in [-0.2, 0) is 6.18 Å². The number of alkyl halides is 3. The van der Waals surface area contributed by atoms with Gasteiger partial charge < -0.3 is 5.32 Å². The van der Waals surface area contributed by atoms with Crippen LogP contribution < -0.4 is 5.32 Å². The number of rotatable bonds is 4. The van der Waals surface area contributed by atoms with Crippen LogP contribution in [0.2, 0.25) is 0 Å². The molecule has 2 rings (SSSR count). The van der Waals surface area contributed by atoms with Crippen molar-refractivity contribution in [3.63, 3.8) is 0 Å². The predicted molar refractivity (Wildman–Crippen MR) is 79.6 cm³/mol. The SMILES string of the molecule is CCCNc1nc2c(C(F)(F)F)cccc2cc1C(C)C. The number of benzene rings is 1. The Bertz CT molecular complexity index is 633. The second kappa shape index (κ2) is 5.92. The number of hydrogen-bond acceptors (Lipinski definition) is 2. The van der Waals surface area contributed by atoms with Gasteiger partial charge in [-0.2, -0.15) is 13.2 Å². The molecule has 0 unspecified atom stereocenters. The van der Waals surface area contributed by atoms with Gasteiger partial charge in [-0.05, 0) is 30.0 Å². The lowest BCUT2D eigenvalue weighted by Gasteiger charge is -2.17. The average molecular weight is 296 g/mol. The van der Waals surface area contributed by atoms with E-state index < -0.39 is 11.7 Å². The van der Waals surface area contributed by atoms with Crippen molar-refractivity contribution < 1.29 is 13.2 Å². The number of fused-ring (bicyclic) bond motifs is 1. The molecule has 0 aliphatic rings. The monoisotopic (exact) mass is 296 g/mol. The fourth-order valence-corrected chi connectivity index (χ4v) is 2.27. The van der Waals surface area contributed by atoms with E-state index in [9.17, 15) is 13.2 Å². The number of hydrogen-bond donors (Lipinski definition) is 1. The van der Waals surface area contributed by atoms with Gasteiger partial charge in [0.15, 0.2) is 0 Å². The molecule has 0 bridgehead atoms. The lowest BCUT2D eigenvalue weighted by Crippen LogP contribution is -2.10. The third-order valence-corrected chi connectivity index (χ3v) is 3.35. The van der Waals surface area contributed by atoms with E-state index in [0.717, 1.165) is 18.1 Å². The minimum atomic E-state index is -4.39. The summed E-state index contributed by atoms with van der Waals surface area (Å²) in [7, 11) is 0. The van der Waals surface area contributed by atoms with Crippen LogP contribution in [-0.4, -0.2) is 11.5 Å². The molecule has 2 aromatic rings. The number of anilines is 1. The molecule has 114 valence electrons. The lowest BCUT2D eigenvalue weighted by atomic mass is 10.00. The summed E-state index contributed by atoms with van der Waals surface area (Å²) in [5, 5.41) is 3.66. The number of aromatic nitrogens is 1. The molecule has 0 aliphatic carbocycles. The van der Waals surface area contributed by atoms with Crippen LogP contribution in [0.15, 0.2) is 24.3 Å². The van der Waals surface area contributed by atoms with E-state index in [1.165, 1.54) is 6.07 Å². The van der Waals surface area contributed by atoms with Crippen LogP contribution in [0.5, 0.6) is 0 Å². The van der Waals surface area contributed by atoms with Crippen molar-refractivity contribution in [3.05, 3.63) is 35.4 Å². The predicted octanol–water partition coefficient (Wildman–Crippen LogP) is 5.20. The van der Waals surface area contributed by atoms with Gasteiger partial charge in [-0.15, -0.1) is 0 Å². The summed E-state index contributed by atoms with van der Waals surface area (Å²) in [5.74, 6) is 0.742. The number of nitrogens with zero attached hydrogens (tertiary/aromatic N) is 1. The topological polar surface area (TPSA) is 24.9 Å². The Morgan fingerprint density at radius 2 is 1.95 bits per heavy atom. The minimum absolute atomic E-state index is 0.00741. The molecule has 0 fully saturated rings. The van der Waals surface area contributed by atoms with Crippen LogP contribution in [0.25, 0.3) is 10.9 Å². The van der Waals surface area contributed by atoms with E-state index in [2.05, 4.69) is 10.3 Å². The van der Waals surface area contributed by atoms with E-state index in [1.807, 2.05) is 20.8 Å². The first-order chi connectivity index (χ1) is 9.84. The smallest absolute Gasteiger partial charge is 0.370 e. The van der Waals surface area contributed by atoms with Crippen molar-refractivity contribution in [1.29, 1.82) is 0 Å². The molecule has 1 aromatic heterocycles. The van der Waals surface area contributed by atoms with Crippen molar-refractivity contribution in [2.45, 2.75) is 39.3 Å². The van der Waals surface area contributed by atoms with Gasteiger partial charge in [-0.25, -0.2) is 4.98 Å². The number of halogens is 3. The standard InChI is InChI=1S/C16H19F3N2/c1-4-8-20-15-12(10(2)3)9-11-6-5-7-13(14(11)21-15)16(17,18)19/h5-7,9-10H,4,8H2,1-3H3,(H,20,21). The Labute approximate surface area is 122 Å². The summed E-state index contributed by atoms with van der Waals surface area (Å²) in [6.07, 6.45) is -3.51. The first-order valence-corrected chi connectivity index (χ1v) is 7.09. The molecule has 0 saturated heterocycles. The molecular formula is C16H19F3N2. The highest BCUT2D eigenvalue weighted by molar-refractivity contribution is 5.85. The third-order valence-electron chi connectivity index (χ3n) is 3.35. The second-order valence-corrected chi connectivity index (χ2v) is 5.38. The van der Waals surface area contributed by atoms with E-state index >= 15 is 0 Å². The average Bonchev–Trinajstić information content (AvgIpc) is 2.42. The molecule has 1 N–H and O–H groups in total. The highest BCUT2D eigenvalue weighted by Crippen LogP contribution is 2.36. The van der Waals surface area contributed by atoms with E-state index in [4.69, 9.17) is 0 Å². The van der Waals surface area contributed by atoms with Crippen molar-refractivity contribution >= 4 is 16.7 Å². The first kappa shape index (κ1) is 15.6. The summed E-state index contributed by atoms with van der Waals surface area (Å²) in [5.41, 5.74) is 0.262. The van der Waals surface area contributed by atoms with Crippen LogP contribution >= 0.6 is 0 Å². The molecule has 0 saturated carbocycles. The third kappa shape index (κ3) is 3.28. The molecule has 0 atom stereocenters. The maximum atomic E-state index is 13.1. The molecule has 0 aliphatic heterocycles. The summed E-state index contributed by atoms with van der Waals surface area (Å²) < 4.78 is 39.3. The highest BCUT2D eigenvalue weighted by Gasteiger charge is 2.33. The van der Waals surface area contributed by atoms with E-state index in [1.54, 1.807) is 12.1 Å². The quantitative estimate of drug-likeness (QED) is 0.839. The minimum Gasteiger partial charge on any atom is -0.370 e. The summed E-state index contributed by atoms with van der Waals surface area (Å²) in [4.78, 5) is 4.27. The zero-order chi connectivity index (χ0) is 15.6. The van der Waals surface area contributed by atoms with Crippen LogP contribution in [0.4, 0.5) is 19.0 Å². The first-order valence-electron chi connectivity index (χ1n) is 7.09. The Hall–Kier alpha value is -1.78. The number of pyridine rings is 1. The molecular weight excluding hydrogens is 277 g/mol. The van der Waals surface area contributed by atoms with Crippen molar-refractivity contribution in [2.75, 3.05) is 11.9 Å². The maximum absolute atomic E-state index is 13.1. The summed E-state index contributed by atoms with van der Waals surface area (Å²) in [6.45, 7) is 6.71. The highest BCUT2D eigenvalue weighted by atomic mass is 19.4. The lowest BCUT2D eigenvalue weighted by molar-refractivity contribution is -0.136. The Morgan fingerprint density at radius 1 is 1.24 bits per heavy atom.